The second-order valence-corrected chi connectivity index (χ2v) is 5.64. The Balaban J connectivity index is 1.60. The molecule has 9 nitrogen and oxygen atoms in total. The van der Waals surface area contributed by atoms with Crippen molar-refractivity contribution in [1.82, 2.24) is 29.6 Å². The first-order valence-corrected chi connectivity index (χ1v) is 7.33. The van der Waals surface area contributed by atoms with E-state index in [1.807, 2.05) is 23.7 Å². The number of aromatic nitrogens is 6. The molecule has 118 valence electrons. The third-order valence-electron chi connectivity index (χ3n) is 4.06. The molecule has 3 aromatic heterocycles. The molecule has 0 amide bonds. The van der Waals surface area contributed by atoms with E-state index >= 15 is 0 Å². The molecule has 9 heteroatoms. The van der Waals surface area contributed by atoms with Crippen molar-refractivity contribution in [2.75, 3.05) is 18.0 Å². The van der Waals surface area contributed by atoms with E-state index in [9.17, 15) is 4.79 Å². The molecule has 1 fully saturated rings. The van der Waals surface area contributed by atoms with Crippen LogP contribution in [0, 0.1) is 6.92 Å². The number of rotatable bonds is 3. The van der Waals surface area contributed by atoms with Crippen LogP contribution in [-0.2, 0) is 0 Å². The standard InChI is InChI=1S/C14H15N7O2/c1-9-6-12-13(15-3-5-20(12)17-9)19-4-2-10(7-19)21-8-11(14(22)23)16-18-21/h3,5-6,8,10H,2,4,7H2,1H3,(H,22,23). The minimum absolute atomic E-state index is 0.0323. The number of fused-ring (bicyclic) bond motifs is 1. The van der Waals surface area contributed by atoms with E-state index in [0.29, 0.717) is 6.54 Å². The normalized spacial score (nSPS) is 18.0. The molecule has 1 saturated heterocycles. The summed E-state index contributed by atoms with van der Waals surface area (Å²) in [5.74, 6) is -0.179. The maximum atomic E-state index is 10.9. The van der Waals surface area contributed by atoms with Crippen LogP contribution in [-0.4, -0.2) is 53.8 Å². The Bertz CT molecular complexity index is 884. The van der Waals surface area contributed by atoms with Crippen molar-refractivity contribution < 1.29 is 9.90 Å². The van der Waals surface area contributed by atoms with E-state index in [1.54, 1.807) is 10.9 Å². The molecule has 0 aromatic carbocycles. The van der Waals surface area contributed by atoms with E-state index < -0.39 is 5.97 Å². The van der Waals surface area contributed by atoms with Gasteiger partial charge in [-0.05, 0) is 19.4 Å². The molecule has 23 heavy (non-hydrogen) atoms. The Kier molecular flexibility index (Phi) is 3.00. The van der Waals surface area contributed by atoms with E-state index in [0.717, 1.165) is 30.0 Å². The summed E-state index contributed by atoms with van der Waals surface area (Å²) in [6, 6.07) is 2.09. The first-order chi connectivity index (χ1) is 11.1. The highest BCUT2D eigenvalue weighted by Gasteiger charge is 2.27. The number of carboxylic acids is 1. The quantitative estimate of drug-likeness (QED) is 0.762. The van der Waals surface area contributed by atoms with Crippen LogP contribution >= 0.6 is 0 Å². The predicted molar refractivity (Wildman–Crippen MR) is 80.6 cm³/mol. The maximum absolute atomic E-state index is 10.9. The zero-order chi connectivity index (χ0) is 16.0. The Morgan fingerprint density at radius 3 is 3.09 bits per heavy atom. The SMILES string of the molecule is Cc1cc2c(N3CCC(n4cc(C(=O)O)nn4)C3)nccn2n1. The van der Waals surface area contributed by atoms with Gasteiger partial charge in [0.2, 0.25) is 0 Å². The average molecular weight is 313 g/mol. The van der Waals surface area contributed by atoms with Gasteiger partial charge in [-0.25, -0.2) is 19.0 Å². The highest BCUT2D eigenvalue weighted by atomic mass is 16.4. The number of nitrogens with zero attached hydrogens (tertiary/aromatic N) is 7. The fourth-order valence-electron chi connectivity index (χ4n) is 2.98. The molecule has 1 unspecified atom stereocenters. The van der Waals surface area contributed by atoms with Gasteiger partial charge in [0.05, 0.1) is 17.9 Å². The lowest BCUT2D eigenvalue weighted by atomic mass is 10.3. The number of hydrogen-bond acceptors (Lipinski definition) is 6. The van der Waals surface area contributed by atoms with Crippen LogP contribution in [0.2, 0.25) is 0 Å². The van der Waals surface area contributed by atoms with Gasteiger partial charge in [-0.3, -0.25) is 0 Å². The highest BCUT2D eigenvalue weighted by Crippen LogP contribution is 2.28. The highest BCUT2D eigenvalue weighted by molar-refractivity contribution is 5.84. The summed E-state index contributed by atoms with van der Waals surface area (Å²) in [5, 5.41) is 21.0. The molecule has 0 bridgehead atoms. The zero-order valence-electron chi connectivity index (χ0n) is 12.5. The summed E-state index contributed by atoms with van der Waals surface area (Å²) in [5.41, 5.74) is 1.88. The summed E-state index contributed by atoms with van der Waals surface area (Å²) in [6.07, 6.45) is 5.90. The average Bonchev–Trinajstić information content (AvgIpc) is 3.24. The van der Waals surface area contributed by atoms with Crippen molar-refractivity contribution in [1.29, 1.82) is 0 Å². The lowest BCUT2D eigenvalue weighted by molar-refractivity contribution is 0.0690. The van der Waals surface area contributed by atoms with Crippen molar-refractivity contribution in [2.24, 2.45) is 0 Å². The van der Waals surface area contributed by atoms with Crippen LogP contribution in [0.25, 0.3) is 5.52 Å². The topological polar surface area (TPSA) is 101 Å². The van der Waals surface area contributed by atoms with Crippen LogP contribution in [0.4, 0.5) is 5.82 Å². The molecular formula is C14H15N7O2. The molecule has 3 aromatic rings. The Hall–Kier alpha value is -2.97. The Labute approximate surface area is 131 Å². The molecule has 0 radical (unpaired) electrons. The molecular weight excluding hydrogens is 298 g/mol. The summed E-state index contributed by atoms with van der Waals surface area (Å²) >= 11 is 0. The summed E-state index contributed by atoms with van der Waals surface area (Å²) in [4.78, 5) is 17.6. The zero-order valence-corrected chi connectivity index (χ0v) is 12.5. The molecule has 1 N–H and O–H groups in total. The number of hydrogen-bond donors (Lipinski definition) is 1. The van der Waals surface area contributed by atoms with Gasteiger partial charge < -0.3 is 10.0 Å². The van der Waals surface area contributed by atoms with Gasteiger partial charge in [0.15, 0.2) is 11.5 Å². The van der Waals surface area contributed by atoms with Crippen molar-refractivity contribution in [3.05, 3.63) is 36.0 Å². The van der Waals surface area contributed by atoms with Gasteiger partial charge in [0, 0.05) is 25.5 Å². The van der Waals surface area contributed by atoms with Gasteiger partial charge in [0.25, 0.3) is 0 Å². The van der Waals surface area contributed by atoms with E-state index in [1.165, 1.54) is 6.20 Å². The molecule has 1 atom stereocenters. The number of anilines is 1. The first-order valence-electron chi connectivity index (χ1n) is 7.33. The van der Waals surface area contributed by atoms with Gasteiger partial charge in [-0.15, -0.1) is 5.10 Å². The van der Waals surface area contributed by atoms with Crippen molar-refractivity contribution in [3.63, 3.8) is 0 Å². The van der Waals surface area contributed by atoms with Crippen LogP contribution in [0.3, 0.4) is 0 Å². The minimum atomic E-state index is -1.06. The van der Waals surface area contributed by atoms with Gasteiger partial charge in [-0.2, -0.15) is 5.10 Å². The van der Waals surface area contributed by atoms with Crippen LogP contribution in [0.1, 0.15) is 28.6 Å². The predicted octanol–water partition coefficient (Wildman–Crippen LogP) is 0.779. The van der Waals surface area contributed by atoms with Crippen LogP contribution < -0.4 is 4.90 Å². The Morgan fingerprint density at radius 2 is 2.30 bits per heavy atom. The van der Waals surface area contributed by atoms with Gasteiger partial charge in [0.1, 0.15) is 5.52 Å². The largest absolute Gasteiger partial charge is 0.476 e. The molecule has 0 saturated carbocycles. The fourth-order valence-corrected chi connectivity index (χ4v) is 2.98. The second-order valence-electron chi connectivity index (χ2n) is 5.64. The van der Waals surface area contributed by atoms with Crippen molar-refractivity contribution in [2.45, 2.75) is 19.4 Å². The molecule has 4 heterocycles. The maximum Gasteiger partial charge on any atom is 0.358 e. The lowest BCUT2D eigenvalue weighted by Crippen LogP contribution is -2.22. The molecule has 1 aliphatic heterocycles. The lowest BCUT2D eigenvalue weighted by Gasteiger charge is -2.18. The molecule has 1 aliphatic rings. The van der Waals surface area contributed by atoms with Crippen LogP contribution in [0.15, 0.2) is 24.7 Å². The minimum Gasteiger partial charge on any atom is -0.476 e. The smallest absolute Gasteiger partial charge is 0.358 e. The number of aryl methyl sites for hydroxylation is 1. The van der Waals surface area contributed by atoms with Gasteiger partial charge in [-0.1, -0.05) is 5.21 Å². The van der Waals surface area contributed by atoms with E-state index in [4.69, 9.17) is 5.11 Å². The molecule has 0 spiro atoms. The van der Waals surface area contributed by atoms with Crippen molar-refractivity contribution >= 4 is 17.3 Å². The molecule has 0 aliphatic carbocycles. The van der Waals surface area contributed by atoms with Crippen molar-refractivity contribution in [3.8, 4) is 0 Å². The molecule has 4 rings (SSSR count). The van der Waals surface area contributed by atoms with E-state index in [2.05, 4.69) is 25.3 Å². The second kappa shape index (κ2) is 5.04. The number of aromatic carboxylic acids is 1. The Morgan fingerprint density at radius 1 is 1.43 bits per heavy atom. The summed E-state index contributed by atoms with van der Waals surface area (Å²) in [6.45, 7) is 3.48. The fraction of sp³-hybridized carbons (Fsp3) is 0.357. The van der Waals surface area contributed by atoms with Crippen LogP contribution in [0.5, 0.6) is 0 Å². The summed E-state index contributed by atoms with van der Waals surface area (Å²) < 4.78 is 3.45. The van der Waals surface area contributed by atoms with Gasteiger partial charge >= 0.3 is 5.97 Å². The van der Waals surface area contributed by atoms with E-state index in [-0.39, 0.29) is 11.7 Å². The number of carbonyl (C=O) groups is 1. The first kappa shape index (κ1) is 13.7. The summed E-state index contributed by atoms with van der Waals surface area (Å²) in [7, 11) is 0. The number of carboxylic acid groups (broad SMARTS) is 1. The monoisotopic (exact) mass is 313 g/mol. The third-order valence-corrected chi connectivity index (χ3v) is 4.06. The third kappa shape index (κ3) is 2.30.